The number of carbonyl (C=O) groups excluding carboxylic acids is 2. The Bertz CT molecular complexity index is 394. The summed E-state index contributed by atoms with van der Waals surface area (Å²) in [5.74, 6) is 0. The predicted molar refractivity (Wildman–Crippen MR) is 98.6 cm³/mol. The van der Waals surface area contributed by atoms with Crippen LogP contribution in [0.5, 0.6) is 0 Å². The summed E-state index contributed by atoms with van der Waals surface area (Å²) in [7, 11) is 0. The Hall–Kier alpha value is -1.84. The fourth-order valence-electron chi connectivity index (χ4n) is 1.75. The zero-order valence-corrected chi connectivity index (χ0v) is 15.6. The minimum Gasteiger partial charge on any atom is -0.325 e. The molecule has 1 N–H and O–H groups in total. The zero-order chi connectivity index (χ0) is 18.1. The molecule has 4 heteroatoms. The highest BCUT2D eigenvalue weighted by molar-refractivity contribution is 5.78. The molecule has 132 valence electrons. The molecule has 1 aromatic carbocycles. The van der Waals surface area contributed by atoms with Gasteiger partial charge in [0.15, 0.2) is 0 Å². The summed E-state index contributed by atoms with van der Waals surface area (Å²) in [6.45, 7) is 13.5. The van der Waals surface area contributed by atoms with E-state index in [0.717, 1.165) is 18.3 Å². The van der Waals surface area contributed by atoms with Crippen molar-refractivity contribution in [1.29, 1.82) is 0 Å². The quantitative estimate of drug-likeness (QED) is 0.764. The lowest BCUT2D eigenvalue weighted by atomic mass is 10.1. The number of nitrogens with one attached hydrogen (secondary N) is 1. The Morgan fingerprint density at radius 2 is 1.65 bits per heavy atom. The maximum atomic E-state index is 12.0. The number of nitrogens with zero attached hydrogens (tertiary/aromatic N) is 1. The van der Waals surface area contributed by atoms with Crippen LogP contribution in [-0.4, -0.2) is 30.3 Å². The molecule has 0 aromatic heterocycles. The van der Waals surface area contributed by atoms with Crippen molar-refractivity contribution in [3.63, 3.8) is 0 Å². The van der Waals surface area contributed by atoms with Crippen molar-refractivity contribution in [3.8, 4) is 0 Å². The van der Waals surface area contributed by atoms with E-state index in [2.05, 4.69) is 19.2 Å². The SMILES string of the molecule is CC.CCC.CCCN(CC)C(=O)NC(C=O)c1ccccc1. The number of rotatable bonds is 6. The van der Waals surface area contributed by atoms with Crippen molar-refractivity contribution in [1.82, 2.24) is 10.2 Å². The molecule has 23 heavy (non-hydrogen) atoms. The van der Waals surface area contributed by atoms with Gasteiger partial charge < -0.3 is 15.0 Å². The van der Waals surface area contributed by atoms with E-state index in [4.69, 9.17) is 0 Å². The molecular weight excluding hydrogens is 288 g/mol. The van der Waals surface area contributed by atoms with Crippen molar-refractivity contribution >= 4 is 12.3 Å². The van der Waals surface area contributed by atoms with E-state index in [9.17, 15) is 9.59 Å². The highest BCUT2D eigenvalue weighted by Gasteiger charge is 2.16. The Kier molecular flexibility index (Phi) is 16.8. The van der Waals surface area contributed by atoms with Crippen LogP contribution >= 0.6 is 0 Å². The van der Waals surface area contributed by atoms with Crippen LogP contribution in [0.2, 0.25) is 0 Å². The van der Waals surface area contributed by atoms with Crippen LogP contribution in [0, 0.1) is 0 Å². The molecule has 0 aliphatic carbocycles. The molecule has 0 saturated heterocycles. The van der Waals surface area contributed by atoms with E-state index < -0.39 is 6.04 Å². The van der Waals surface area contributed by atoms with Crippen LogP contribution in [0.3, 0.4) is 0 Å². The molecule has 1 rings (SSSR count). The minimum atomic E-state index is -0.579. The van der Waals surface area contributed by atoms with Crippen LogP contribution in [0.4, 0.5) is 4.79 Å². The predicted octanol–water partition coefficient (Wildman–Crippen LogP) is 4.81. The first-order valence-electron chi connectivity index (χ1n) is 8.70. The van der Waals surface area contributed by atoms with Crippen molar-refractivity contribution in [2.75, 3.05) is 13.1 Å². The molecular formula is C19H34N2O2. The summed E-state index contributed by atoms with van der Waals surface area (Å²) in [5, 5.41) is 2.74. The topological polar surface area (TPSA) is 49.4 Å². The summed E-state index contributed by atoms with van der Waals surface area (Å²) in [6, 6.07) is 8.46. The summed E-state index contributed by atoms with van der Waals surface area (Å²) < 4.78 is 0. The number of amides is 2. The first-order chi connectivity index (χ1) is 11.1. The minimum absolute atomic E-state index is 0.194. The van der Waals surface area contributed by atoms with Crippen LogP contribution < -0.4 is 5.32 Å². The van der Waals surface area contributed by atoms with Gasteiger partial charge in [0.25, 0.3) is 0 Å². The summed E-state index contributed by atoms with van der Waals surface area (Å²) in [4.78, 5) is 24.7. The molecule has 0 aliphatic heterocycles. The third kappa shape index (κ3) is 10.5. The second kappa shape index (κ2) is 16.5. The first kappa shape index (κ1) is 23.4. The lowest BCUT2D eigenvalue weighted by molar-refractivity contribution is -0.109. The van der Waals surface area contributed by atoms with Gasteiger partial charge in [0, 0.05) is 13.1 Å². The number of aldehydes is 1. The fourth-order valence-corrected chi connectivity index (χ4v) is 1.75. The van der Waals surface area contributed by atoms with Gasteiger partial charge in [-0.05, 0) is 18.9 Å². The Morgan fingerprint density at radius 1 is 1.13 bits per heavy atom. The van der Waals surface area contributed by atoms with Gasteiger partial charge >= 0.3 is 6.03 Å². The van der Waals surface area contributed by atoms with E-state index in [-0.39, 0.29) is 6.03 Å². The van der Waals surface area contributed by atoms with Crippen molar-refractivity contribution in [2.24, 2.45) is 0 Å². The van der Waals surface area contributed by atoms with Gasteiger partial charge in [-0.1, -0.05) is 71.4 Å². The van der Waals surface area contributed by atoms with Gasteiger partial charge in [-0.15, -0.1) is 0 Å². The Balaban J connectivity index is 0. The van der Waals surface area contributed by atoms with Gasteiger partial charge in [0.05, 0.1) is 0 Å². The lowest BCUT2D eigenvalue weighted by Gasteiger charge is -2.23. The first-order valence-corrected chi connectivity index (χ1v) is 8.70. The highest BCUT2D eigenvalue weighted by Crippen LogP contribution is 2.10. The number of urea groups is 1. The van der Waals surface area contributed by atoms with E-state index >= 15 is 0 Å². The molecule has 1 atom stereocenters. The zero-order valence-electron chi connectivity index (χ0n) is 15.6. The van der Waals surface area contributed by atoms with E-state index in [1.54, 1.807) is 4.90 Å². The second-order valence-electron chi connectivity index (χ2n) is 4.76. The smallest absolute Gasteiger partial charge is 0.318 e. The maximum absolute atomic E-state index is 12.0. The summed E-state index contributed by atoms with van der Waals surface area (Å²) in [5.41, 5.74) is 0.799. The highest BCUT2D eigenvalue weighted by atomic mass is 16.2. The van der Waals surface area contributed by atoms with Crippen molar-refractivity contribution < 1.29 is 9.59 Å². The lowest BCUT2D eigenvalue weighted by Crippen LogP contribution is -2.42. The van der Waals surface area contributed by atoms with Gasteiger partial charge in [0.1, 0.15) is 12.3 Å². The summed E-state index contributed by atoms with van der Waals surface area (Å²) >= 11 is 0. The molecule has 0 fully saturated rings. The van der Waals surface area contributed by atoms with Gasteiger partial charge in [-0.25, -0.2) is 4.79 Å². The normalized spacial score (nSPS) is 10.2. The largest absolute Gasteiger partial charge is 0.325 e. The molecule has 4 nitrogen and oxygen atoms in total. The third-order valence-corrected chi connectivity index (χ3v) is 2.74. The Morgan fingerprint density at radius 3 is 2.04 bits per heavy atom. The van der Waals surface area contributed by atoms with Gasteiger partial charge in [-0.3, -0.25) is 0 Å². The van der Waals surface area contributed by atoms with E-state index in [1.165, 1.54) is 6.42 Å². The Labute approximate surface area is 142 Å². The average molecular weight is 322 g/mol. The van der Waals surface area contributed by atoms with Crippen LogP contribution in [0.25, 0.3) is 0 Å². The number of carbonyl (C=O) groups is 2. The van der Waals surface area contributed by atoms with Crippen LogP contribution in [0.15, 0.2) is 30.3 Å². The second-order valence-corrected chi connectivity index (χ2v) is 4.76. The summed E-state index contributed by atoms with van der Waals surface area (Å²) in [6.07, 6.45) is 2.91. The van der Waals surface area contributed by atoms with Crippen LogP contribution in [0.1, 0.15) is 66.0 Å². The fraction of sp³-hybridized carbons (Fsp3) is 0.579. The molecule has 0 bridgehead atoms. The molecule has 1 aromatic rings. The maximum Gasteiger partial charge on any atom is 0.318 e. The van der Waals surface area contributed by atoms with E-state index in [1.807, 2.05) is 58.0 Å². The number of hydrogen-bond donors (Lipinski definition) is 1. The standard InChI is InChI=1S/C14H20N2O2.C3H8.C2H6/c1-3-10-16(4-2)14(18)15-13(11-17)12-8-6-5-7-9-12;1-3-2;1-2/h5-9,11,13H,3-4,10H2,1-2H3,(H,15,18);3H2,1-2H3;1-2H3. The van der Waals surface area contributed by atoms with Crippen LogP contribution in [-0.2, 0) is 4.79 Å². The van der Waals surface area contributed by atoms with Gasteiger partial charge in [-0.2, -0.15) is 0 Å². The van der Waals surface area contributed by atoms with E-state index in [0.29, 0.717) is 13.1 Å². The molecule has 0 spiro atoms. The van der Waals surface area contributed by atoms with Gasteiger partial charge in [0.2, 0.25) is 0 Å². The van der Waals surface area contributed by atoms with Crippen molar-refractivity contribution in [3.05, 3.63) is 35.9 Å². The third-order valence-electron chi connectivity index (χ3n) is 2.74. The number of benzene rings is 1. The molecule has 2 amide bonds. The molecule has 0 heterocycles. The molecule has 0 saturated carbocycles. The molecule has 0 radical (unpaired) electrons. The molecule has 1 unspecified atom stereocenters. The average Bonchev–Trinajstić information content (AvgIpc) is 2.60. The number of hydrogen-bond acceptors (Lipinski definition) is 2. The molecule has 0 aliphatic rings. The monoisotopic (exact) mass is 322 g/mol. The van der Waals surface area contributed by atoms with Crippen molar-refractivity contribution in [2.45, 2.75) is 60.4 Å².